The number of likely N-dealkylation sites (tertiary alicyclic amines) is 1. The van der Waals surface area contributed by atoms with E-state index in [-0.39, 0.29) is 24.7 Å². The number of hydrogen-bond acceptors (Lipinski definition) is 5. The van der Waals surface area contributed by atoms with Crippen LogP contribution in [0.4, 0.5) is 0 Å². The van der Waals surface area contributed by atoms with Gasteiger partial charge in [0.2, 0.25) is 0 Å². The number of hydrogen-bond donors (Lipinski definition) is 2. The summed E-state index contributed by atoms with van der Waals surface area (Å²) in [6.45, 7) is 2.46. The second kappa shape index (κ2) is 7.11. The van der Waals surface area contributed by atoms with Gasteiger partial charge in [0.05, 0.1) is 18.8 Å². The van der Waals surface area contributed by atoms with Gasteiger partial charge in [-0.25, -0.2) is 4.98 Å². The Morgan fingerprint density at radius 2 is 2.17 bits per heavy atom. The van der Waals surface area contributed by atoms with Crippen molar-refractivity contribution in [1.29, 1.82) is 0 Å². The smallest absolute Gasteiger partial charge is 0.254 e. The van der Waals surface area contributed by atoms with Crippen LogP contribution in [-0.4, -0.2) is 63.5 Å². The molecule has 0 saturated carbocycles. The van der Waals surface area contributed by atoms with Gasteiger partial charge in [0, 0.05) is 31.2 Å². The Kier molecular flexibility index (Phi) is 4.92. The molecular formula is C17H22N4O3. The molecule has 7 heteroatoms. The Morgan fingerprint density at radius 3 is 2.75 bits per heavy atom. The number of amides is 1. The van der Waals surface area contributed by atoms with Gasteiger partial charge in [-0.3, -0.25) is 9.89 Å². The van der Waals surface area contributed by atoms with Crippen LogP contribution < -0.4 is 0 Å². The molecule has 1 aromatic carbocycles. The molecule has 2 atom stereocenters. The molecule has 2 N–H and O–H groups in total. The van der Waals surface area contributed by atoms with E-state index in [0.717, 1.165) is 17.8 Å². The number of aromatic amines is 1. The zero-order valence-electron chi connectivity index (χ0n) is 13.9. The van der Waals surface area contributed by atoms with Gasteiger partial charge in [0.15, 0.2) is 5.82 Å². The number of ether oxygens (including phenoxy) is 1. The normalized spacial score (nSPS) is 20.5. The lowest BCUT2D eigenvalue weighted by Gasteiger charge is -2.22. The van der Waals surface area contributed by atoms with E-state index in [1.54, 1.807) is 24.1 Å². The topological polar surface area (TPSA) is 91.3 Å². The first kappa shape index (κ1) is 16.6. The van der Waals surface area contributed by atoms with Crippen LogP contribution in [0.25, 0.3) is 11.4 Å². The summed E-state index contributed by atoms with van der Waals surface area (Å²) >= 11 is 0. The first-order chi connectivity index (χ1) is 11.7. The fourth-order valence-electron chi connectivity index (χ4n) is 2.98. The average molecular weight is 330 g/mol. The van der Waals surface area contributed by atoms with E-state index in [1.807, 2.05) is 19.1 Å². The molecule has 2 aromatic rings. The second-order valence-electron chi connectivity index (χ2n) is 5.92. The number of nitrogens with one attached hydrogen (secondary N) is 1. The van der Waals surface area contributed by atoms with Gasteiger partial charge in [0.1, 0.15) is 5.82 Å². The summed E-state index contributed by atoms with van der Waals surface area (Å²) < 4.78 is 5.32. The number of carbonyl (C=O) groups is 1. The Bertz CT molecular complexity index is 698. The summed E-state index contributed by atoms with van der Waals surface area (Å²) in [5, 5.41) is 16.6. The fraction of sp³-hybridized carbons (Fsp3) is 0.471. The van der Waals surface area contributed by atoms with Crippen LogP contribution in [0.5, 0.6) is 0 Å². The van der Waals surface area contributed by atoms with Gasteiger partial charge in [-0.05, 0) is 18.6 Å². The first-order valence-corrected chi connectivity index (χ1v) is 8.12. The maximum absolute atomic E-state index is 12.7. The first-order valence-electron chi connectivity index (χ1n) is 8.12. The lowest BCUT2D eigenvalue weighted by atomic mass is 10.1. The molecule has 1 aliphatic rings. The van der Waals surface area contributed by atoms with Gasteiger partial charge in [-0.2, -0.15) is 5.10 Å². The highest BCUT2D eigenvalue weighted by Crippen LogP contribution is 2.23. The molecule has 2 heterocycles. The molecule has 0 unspecified atom stereocenters. The van der Waals surface area contributed by atoms with Crippen LogP contribution >= 0.6 is 0 Å². The molecule has 1 amide bonds. The zero-order chi connectivity index (χ0) is 17.1. The third-order valence-corrected chi connectivity index (χ3v) is 4.44. The Morgan fingerprint density at radius 1 is 1.42 bits per heavy atom. The third kappa shape index (κ3) is 3.18. The summed E-state index contributed by atoms with van der Waals surface area (Å²) in [7, 11) is 1.63. The minimum absolute atomic E-state index is 0.0221. The van der Waals surface area contributed by atoms with E-state index in [2.05, 4.69) is 15.2 Å². The van der Waals surface area contributed by atoms with Crippen molar-refractivity contribution < 1.29 is 14.6 Å². The van der Waals surface area contributed by atoms with E-state index in [4.69, 9.17) is 4.74 Å². The maximum Gasteiger partial charge on any atom is 0.254 e. The predicted octanol–water partition coefficient (Wildman–Crippen LogP) is 1.26. The van der Waals surface area contributed by atoms with Crippen molar-refractivity contribution in [2.24, 2.45) is 0 Å². The molecule has 1 aliphatic heterocycles. The fourth-order valence-corrected chi connectivity index (χ4v) is 2.98. The molecular weight excluding hydrogens is 308 g/mol. The minimum Gasteiger partial charge on any atom is -0.394 e. The number of carbonyl (C=O) groups excluding carboxylic acids is 1. The molecule has 1 saturated heterocycles. The molecule has 0 spiro atoms. The number of rotatable bonds is 5. The predicted molar refractivity (Wildman–Crippen MR) is 88.5 cm³/mol. The molecule has 1 fully saturated rings. The van der Waals surface area contributed by atoms with Crippen molar-refractivity contribution in [2.75, 3.05) is 20.3 Å². The van der Waals surface area contributed by atoms with Crippen LogP contribution in [0, 0.1) is 0 Å². The molecule has 7 nitrogen and oxygen atoms in total. The third-order valence-electron chi connectivity index (χ3n) is 4.44. The monoisotopic (exact) mass is 330 g/mol. The number of aliphatic hydroxyl groups is 1. The van der Waals surface area contributed by atoms with Gasteiger partial charge in [0.25, 0.3) is 5.91 Å². The zero-order valence-corrected chi connectivity index (χ0v) is 13.9. The molecule has 0 bridgehead atoms. The van der Waals surface area contributed by atoms with Gasteiger partial charge < -0.3 is 14.7 Å². The lowest BCUT2D eigenvalue weighted by molar-refractivity contribution is 0.0648. The highest BCUT2D eigenvalue weighted by molar-refractivity contribution is 5.95. The van der Waals surface area contributed by atoms with Crippen molar-refractivity contribution in [3.05, 3.63) is 35.7 Å². The summed E-state index contributed by atoms with van der Waals surface area (Å²) in [6.07, 6.45) is 1.43. The summed E-state index contributed by atoms with van der Waals surface area (Å²) in [4.78, 5) is 18.8. The molecule has 0 aliphatic carbocycles. The van der Waals surface area contributed by atoms with Crippen molar-refractivity contribution in [3.63, 3.8) is 0 Å². The maximum atomic E-state index is 12.7. The number of nitrogens with zero attached hydrogens (tertiary/aromatic N) is 3. The number of aryl methyl sites for hydroxylation is 1. The number of benzene rings is 1. The summed E-state index contributed by atoms with van der Waals surface area (Å²) in [6, 6.07) is 7.03. The van der Waals surface area contributed by atoms with Crippen molar-refractivity contribution in [3.8, 4) is 11.4 Å². The Hall–Kier alpha value is -2.25. The van der Waals surface area contributed by atoms with Crippen LogP contribution in [0.2, 0.25) is 0 Å². The van der Waals surface area contributed by atoms with Crippen LogP contribution in [0.15, 0.2) is 24.3 Å². The number of aliphatic hydroxyl groups excluding tert-OH is 1. The lowest BCUT2D eigenvalue weighted by Crippen LogP contribution is -2.38. The van der Waals surface area contributed by atoms with Crippen molar-refractivity contribution >= 4 is 5.91 Å². The SMILES string of the molecule is CCc1nc(-c2ccc(C(=O)N3C[C@@H](OC)C[C@H]3CO)cc2)n[nH]1. The molecule has 3 rings (SSSR count). The van der Waals surface area contributed by atoms with Crippen molar-refractivity contribution in [2.45, 2.75) is 31.9 Å². The summed E-state index contributed by atoms with van der Waals surface area (Å²) in [5.41, 5.74) is 1.44. The van der Waals surface area contributed by atoms with Gasteiger partial charge >= 0.3 is 0 Å². The largest absolute Gasteiger partial charge is 0.394 e. The Balaban J connectivity index is 1.76. The minimum atomic E-state index is -0.192. The quantitative estimate of drug-likeness (QED) is 0.861. The van der Waals surface area contributed by atoms with Gasteiger partial charge in [-0.15, -0.1) is 0 Å². The van der Waals surface area contributed by atoms with Gasteiger partial charge in [-0.1, -0.05) is 19.1 Å². The standard InChI is InChI=1S/C17H22N4O3/c1-3-15-18-16(20-19-15)11-4-6-12(7-5-11)17(23)21-9-14(24-2)8-13(21)10-22/h4-7,13-14,22H,3,8-10H2,1-2H3,(H,18,19,20)/t13-,14-/m0/s1. The summed E-state index contributed by atoms with van der Waals surface area (Å²) in [5.74, 6) is 1.36. The van der Waals surface area contributed by atoms with Crippen LogP contribution in [0.3, 0.4) is 0 Å². The van der Waals surface area contributed by atoms with Crippen LogP contribution in [-0.2, 0) is 11.2 Å². The molecule has 0 radical (unpaired) electrons. The molecule has 24 heavy (non-hydrogen) atoms. The number of aromatic nitrogens is 3. The van der Waals surface area contributed by atoms with E-state index in [0.29, 0.717) is 24.4 Å². The number of methoxy groups -OCH3 is 1. The van der Waals surface area contributed by atoms with Crippen molar-refractivity contribution in [1.82, 2.24) is 20.1 Å². The second-order valence-corrected chi connectivity index (χ2v) is 5.92. The highest BCUT2D eigenvalue weighted by atomic mass is 16.5. The van der Waals surface area contributed by atoms with Crippen LogP contribution in [0.1, 0.15) is 29.5 Å². The molecule has 128 valence electrons. The molecule has 1 aromatic heterocycles. The number of H-pyrrole nitrogens is 1. The van der Waals surface area contributed by atoms with E-state index < -0.39 is 0 Å². The van der Waals surface area contributed by atoms with E-state index in [9.17, 15) is 9.90 Å². The van der Waals surface area contributed by atoms with E-state index >= 15 is 0 Å². The highest BCUT2D eigenvalue weighted by Gasteiger charge is 2.35. The van der Waals surface area contributed by atoms with E-state index in [1.165, 1.54) is 0 Å². The average Bonchev–Trinajstić information content (AvgIpc) is 3.27. The Labute approximate surface area is 140 Å².